The van der Waals surface area contributed by atoms with E-state index in [1.807, 2.05) is 24.3 Å². The number of halogens is 2. The van der Waals surface area contributed by atoms with Crippen molar-refractivity contribution in [3.8, 4) is 5.75 Å². The number of nitrogens with two attached hydrogens (primary N) is 1. The molecule has 0 spiro atoms. The summed E-state index contributed by atoms with van der Waals surface area (Å²) >= 11 is 13.7. The summed E-state index contributed by atoms with van der Waals surface area (Å²) in [5.41, 5.74) is 6.88. The summed E-state index contributed by atoms with van der Waals surface area (Å²) in [5, 5.41) is 4.39. The van der Waals surface area contributed by atoms with Crippen LogP contribution < -0.4 is 20.7 Å². The SMILES string of the molecule is COc1ccc(NC(=O)N2CCN(c3cnc(Sc4cccc(Cl)c4Cl)c(N)n3)CC2)cc1. The molecule has 4 rings (SSSR count). The molecule has 1 saturated heterocycles. The van der Waals surface area contributed by atoms with Crippen LogP contribution in [0.1, 0.15) is 0 Å². The molecule has 1 aliphatic rings. The van der Waals surface area contributed by atoms with Crippen molar-refractivity contribution in [1.82, 2.24) is 14.9 Å². The summed E-state index contributed by atoms with van der Waals surface area (Å²) in [5.74, 6) is 1.72. The van der Waals surface area contributed by atoms with Crippen LogP contribution in [0.3, 0.4) is 0 Å². The molecular weight excluding hydrogens is 483 g/mol. The molecule has 11 heteroatoms. The molecule has 0 aliphatic carbocycles. The van der Waals surface area contributed by atoms with E-state index in [0.717, 1.165) is 16.3 Å². The van der Waals surface area contributed by atoms with Gasteiger partial charge in [-0.1, -0.05) is 41.0 Å². The van der Waals surface area contributed by atoms with Crippen LogP contribution in [0, 0.1) is 0 Å². The lowest BCUT2D eigenvalue weighted by Gasteiger charge is -2.35. The molecule has 0 atom stereocenters. The first-order valence-electron chi connectivity index (χ1n) is 10.1. The highest BCUT2D eigenvalue weighted by molar-refractivity contribution is 7.99. The highest BCUT2D eigenvalue weighted by atomic mass is 35.5. The van der Waals surface area contributed by atoms with Crippen LogP contribution in [0.2, 0.25) is 10.0 Å². The third-order valence-electron chi connectivity index (χ3n) is 5.11. The van der Waals surface area contributed by atoms with Crippen molar-refractivity contribution in [3.05, 3.63) is 58.7 Å². The smallest absolute Gasteiger partial charge is 0.321 e. The third kappa shape index (κ3) is 5.55. The summed E-state index contributed by atoms with van der Waals surface area (Å²) in [6.07, 6.45) is 1.68. The number of nitrogens with one attached hydrogen (secondary N) is 1. The fourth-order valence-corrected chi connectivity index (χ4v) is 4.58. The molecule has 8 nitrogen and oxygen atoms in total. The number of piperazine rings is 1. The van der Waals surface area contributed by atoms with Crippen molar-refractivity contribution in [2.75, 3.05) is 49.2 Å². The van der Waals surface area contributed by atoms with Gasteiger partial charge in [0.1, 0.15) is 16.6 Å². The summed E-state index contributed by atoms with van der Waals surface area (Å²) < 4.78 is 5.14. The van der Waals surface area contributed by atoms with E-state index in [1.165, 1.54) is 11.8 Å². The second-order valence-corrected chi connectivity index (χ2v) is 9.02. The Morgan fingerprint density at radius 2 is 1.85 bits per heavy atom. The molecule has 0 radical (unpaired) electrons. The van der Waals surface area contributed by atoms with Crippen molar-refractivity contribution < 1.29 is 9.53 Å². The zero-order valence-electron chi connectivity index (χ0n) is 17.8. The second-order valence-electron chi connectivity index (χ2n) is 7.21. The predicted molar refractivity (Wildman–Crippen MR) is 133 cm³/mol. The maximum Gasteiger partial charge on any atom is 0.321 e. The maximum absolute atomic E-state index is 12.6. The van der Waals surface area contributed by atoms with Crippen LogP contribution in [-0.2, 0) is 0 Å². The molecule has 1 fully saturated rings. The largest absolute Gasteiger partial charge is 0.497 e. The summed E-state index contributed by atoms with van der Waals surface area (Å²) in [7, 11) is 1.60. The van der Waals surface area contributed by atoms with Gasteiger partial charge in [-0.25, -0.2) is 14.8 Å². The predicted octanol–water partition coefficient (Wildman–Crippen LogP) is 4.88. The van der Waals surface area contributed by atoms with Crippen molar-refractivity contribution in [2.24, 2.45) is 0 Å². The first kappa shape index (κ1) is 23.3. The monoisotopic (exact) mass is 504 g/mol. The highest BCUT2D eigenvalue weighted by Crippen LogP contribution is 2.38. The van der Waals surface area contributed by atoms with E-state index in [1.54, 1.807) is 36.4 Å². The van der Waals surface area contributed by atoms with E-state index in [-0.39, 0.29) is 6.03 Å². The van der Waals surface area contributed by atoms with Gasteiger partial charge in [0.25, 0.3) is 0 Å². The molecule has 3 aromatic rings. The van der Waals surface area contributed by atoms with E-state index in [2.05, 4.69) is 20.2 Å². The van der Waals surface area contributed by atoms with Gasteiger partial charge in [0.2, 0.25) is 0 Å². The molecule has 2 amide bonds. The average molecular weight is 505 g/mol. The number of nitrogen functional groups attached to an aromatic ring is 1. The molecular formula is C22H22Cl2N6O2S. The van der Waals surface area contributed by atoms with Crippen LogP contribution in [0.25, 0.3) is 0 Å². The summed E-state index contributed by atoms with van der Waals surface area (Å²) in [6.45, 7) is 2.35. The van der Waals surface area contributed by atoms with Crippen LogP contribution in [-0.4, -0.2) is 54.2 Å². The molecule has 0 saturated carbocycles. The van der Waals surface area contributed by atoms with Gasteiger partial charge < -0.3 is 25.6 Å². The van der Waals surface area contributed by atoms with Gasteiger partial charge in [-0.3, -0.25) is 0 Å². The number of carbonyl (C=O) groups is 1. The Morgan fingerprint density at radius 3 is 2.52 bits per heavy atom. The summed E-state index contributed by atoms with van der Waals surface area (Å²) in [4.78, 5) is 26.2. The lowest BCUT2D eigenvalue weighted by molar-refractivity contribution is 0.208. The van der Waals surface area contributed by atoms with Gasteiger partial charge in [0, 0.05) is 36.8 Å². The van der Waals surface area contributed by atoms with Crippen LogP contribution in [0.5, 0.6) is 5.75 Å². The molecule has 3 N–H and O–H groups in total. The van der Waals surface area contributed by atoms with E-state index >= 15 is 0 Å². The number of anilines is 3. The lowest BCUT2D eigenvalue weighted by atomic mass is 10.3. The Hall–Kier alpha value is -2.88. The Bertz CT molecular complexity index is 1140. The lowest BCUT2D eigenvalue weighted by Crippen LogP contribution is -2.50. The van der Waals surface area contributed by atoms with E-state index in [9.17, 15) is 4.79 Å². The van der Waals surface area contributed by atoms with E-state index in [0.29, 0.717) is 52.9 Å². The van der Waals surface area contributed by atoms with Crippen molar-refractivity contribution >= 4 is 58.3 Å². The summed E-state index contributed by atoms with van der Waals surface area (Å²) in [6, 6.07) is 12.5. The number of rotatable bonds is 5. The van der Waals surface area contributed by atoms with E-state index < -0.39 is 0 Å². The fourth-order valence-electron chi connectivity index (χ4n) is 3.30. The quantitative estimate of drug-likeness (QED) is 0.510. The minimum absolute atomic E-state index is 0.143. The van der Waals surface area contributed by atoms with Gasteiger partial charge in [0.05, 0.1) is 23.4 Å². The molecule has 2 aromatic carbocycles. The first-order valence-corrected chi connectivity index (χ1v) is 11.7. The number of amides is 2. The van der Waals surface area contributed by atoms with Crippen molar-refractivity contribution in [1.29, 1.82) is 0 Å². The third-order valence-corrected chi connectivity index (χ3v) is 7.11. The zero-order valence-corrected chi connectivity index (χ0v) is 20.1. The fraction of sp³-hybridized carbons (Fsp3) is 0.227. The number of hydrogen-bond donors (Lipinski definition) is 2. The maximum atomic E-state index is 12.6. The molecule has 0 bridgehead atoms. The van der Waals surface area contributed by atoms with Gasteiger partial charge in [-0.2, -0.15) is 0 Å². The Kier molecular flexibility index (Phi) is 7.32. The van der Waals surface area contributed by atoms with Crippen LogP contribution in [0.4, 0.5) is 22.1 Å². The van der Waals surface area contributed by atoms with Gasteiger partial charge >= 0.3 is 6.03 Å². The molecule has 1 aromatic heterocycles. The van der Waals surface area contributed by atoms with Crippen molar-refractivity contribution in [3.63, 3.8) is 0 Å². The molecule has 33 heavy (non-hydrogen) atoms. The Morgan fingerprint density at radius 1 is 1.12 bits per heavy atom. The topological polar surface area (TPSA) is 96.6 Å². The highest BCUT2D eigenvalue weighted by Gasteiger charge is 2.23. The first-order chi connectivity index (χ1) is 15.9. The molecule has 1 aliphatic heterocycles. The Balaban J connectivity index is 1.35. The number of carbonyl (C=O) groups excluding carboxylic acids is 1. The zero-order chi connectivity index (χ0) is 23.4. The number of aromatic nitrogens is 2. The number of urea groups is 1. The molecule has 0 unspecified atom stereocenters. The number of methoxy groups -OCH3 is 1. The van der Waals surface area contributed by atoms with Gasteiger partial charge in [-0.05, 0) is 36.4 Å². The van der Waals surface area contributed by atoms with E-state index in [4.69, 9.17) is 33.7 Å². The normalized spacial score (nSPS) is 13.7. The number of hydrogen-bond acceptors (Lipinski definition) is 7. The van der Waals surface area contributed by atoms with Crippen LogP contribution in [0.15, 0.2) is 58.6 Å². The van der Waals surface area contributed by atoms with Crippen molar-refractivity contribution in [2.45, 2.75) is 9.92 Å². The number of ether oxygens (including phenoxy) is 1. The Labute approximate surface area is 206 Å². The average Bonchev–Trinajstić information content (AvgIpc) is 2.83. The van der Waals surface area contributed by atoms with Gasteiger partial charge in [-0.15, -0.1) is 0 Å². The minimum atomic E-state index is -0.143. The minimum Gasteiger partial charge on any atom is -0.497 e. The van der Waals surface area contributed by atoms with Gasteiger partial charge in [0.15, 0.2) is 5.82 Å². The number of nitrogens with zero attached hydrogens (tertiary/aromatic N) is 4. The molecule has 172 valence electrons. The number of benzene rings is 2. The van der Waals surface area contributed by atoms with Crippen LogP contribution >= 0.6 is 35.0 Å². The second kappa shape index (κ2) is 10.4. The molecule has 2 heterocycles. The standard InChI is InChI=1S/C22H22Cl2N6O2S/c1-32-15-7-5-14(6-8-15)27-22(31)30-11-9-29(10-12-30)18-13-26-21(20(25)28-18)33-17-4-2-3-16(23)19(17)24/h2-8,13H,9-12H2,1H3,(H2,25,28)(H,27,31).